The summed E-state index contributed by atoms with van der Waals surface area (Å²) < 4.78 is 0. The summed E-state index contributed by atoms with van der Waals surface area (Å²) in [7, 11) is 0. The molecule has 130 valence electrons. The van der Waals surface area contributed by atoms with Crippen molar-refractivity contribution in [2.75, 3.05) is 13.2 Å². The third-order valence-corrected chi connectivity index (χ3v) is 3.53. The molecule has 0 spiro atoms. The minimum absolute atomic E-state index is 0. The van der Waals surface area contributed by atoms with Gasteiger partial charge in [0.1, 0.15) is 0 Å². The van der Waals surface area contributed by atoms with Gasteiger partial charge in [-0.1, -0.05) is 12.1 Å². The molecule has 0 amide bonds. The Morgan fingerprint density at radius 1 is 0.913 bits per heavy atom. The maximum atomic E-state index is 9.15. The summed E-state index contributed by atoms with van der Waals surface area (Å²) >= 11 is 0. The summed E-state index contributed by atoms with van der Waals surface area (Å²) in [5.41, 5.74) is 14.1. The molecule has 0 bridgehead atoms. The third-order valence-electron chi connectivity index (χ3n) is 3.53. The van der Waals surface area contributed by atoms with E-state index in [1.165, 1.54) is 0 Å². The fraction of sp³-hybridized carbons (Fsp3) is 0.467. The van der Waals surface area contributed by atoms with Gasteiger partial charge in [0, 0.05) is 24.2 Å². The summed E-state index contributed by atoms with van der Waals surface area (Å²) in [6.45, 7) is -0.183. The maximum absolute atomic E-state index is 9.15. The Morgan fingerprint density at radius 3 is 1.96 bits per heavy atom. The van der Waals surface area contributed by atoms with Crippen molar-refractivity contribution in [3.8, 4) is 0 Å². The lowest BCUT2D eigenvalue weighted by atomic mass is 9.91. The Bertz CT molecular complexity index is 576. The molecule has 0 saturated carbocycles. The minimum atomic E-state index is -0.339. The summed E-state index contributed by atoms with van der Waals surface area (Å²) in [5.74, 6) is -0.0357. The van der Waals surface area contributed by atoms with Crippen LogP contribution in [0.25, 0.3) is 11.0 Å². The lowest BCUT2D eigenvalue weighted by Crippen LogP contribution is -2.32. The molecule has 2 atom stereocenters. The lowest BCUT2D eigenvalue weighted by molar-refractivity contribution is 0.234. The molecular formula is C15H24Cl2N4O2. The van der Waals surface area contributed by atoms with Crippen LogP contribution >= 0.6 is 24.8 Å². The largest absolute Gasteiger partial charge is 0.395 e. The van der Waals surface area contributed by atoms with Crippen molar-refractivity contribution in [1.82, 2.24) is 9.97 Å². The highest BCUT2D eigenvalue weighted by Crippen LogP contribution is 2.25. The lowest BCUT2D eigenvalue weighted by Gasteiger charge is -2.22. The second kappa shape index (κ2) is 10.7. The maximum Gasteiger partial charge on any atom is 0.0890 e. The zero-order valence-electron chi connectivity index (χ0n) is 12.7. The average Bonchev–Trinajstić information content (AvgIpc) is 2.53. The number of halogens is 2. The predicted octanol–water partition coefficient (Wildman–Crippen LogP) is 0.976. The molecule has 8 heteroatoms. The molecule has 0 radical (unpaired) electrons. The first-order chi connectivity index (χ1) is 10.1. The Morgan fingerprint density at radius 2 is 1.43 bits per heavy atom. The highest BCUT2D eigenvalue weighted by Gasteiger charge is 2.20. The van der Waals surface area contributed by atoms with Gasteiger partial charge in [-0.05, 0) is 25.0 Å². The number of aromatic nitrogens is 2. The first-order valence-corrected chi connectivity index (χ1v) is 7.08. The van der Waals surface area contributed by atoms with Gasteiger partial charge in [-0.15, -0.1) is 24.8 Å². The molecule has 0 aliphatic carbocycles. The van der Waals surface area contributed by atoms with Crippen molar-refractivity contribution >= 4 is 35.8 Å². The number of para-hydroxylation sites is 2. The van der Waals surface area contributed by atoms with Crippen LogP contribution < -0.4 is 11.5 Å². The highest BCUT2D eigenvalue weighted by molar-refractivity contribution is 5.85. The number of nitrogens with zero attached hydrogens (tertiary/aromatic N) is 2. The fourth-order valence-corrected chi connectivity index (χ4v) is 2.39. The van der Waals surface area contributed by atoms with Gasteiger partial charge >= 0.3 is 0 Å². The van der Waals surface area contributed by atoms with Crippen LogP contribution in [0.5, 0.6) is 0 Å². The molecule has 0 fully saturated rings. The first kappa shape index (κ1) is 22.0. The molecule has 0 aliphatic heterocycles. The van der Waals surface area contributed by atoms with Gasteiger partial charge in [0.2, 0.25) is 0 Å². The number of benzene rings is 1. The summed E-state index contributed by atoms with van der Waals surface area (Å²) in [5, 5.41) is 18.3. The number of hydrogen-bond donors (Lipinski definition) is 4. The van der Waals surface area contributed by atoms with E-state index in [9.17, 15) is 0 Å². The summed E-state index contributed by atoms with van der Waals surface area (Å²) in [6, 6.07) is 6.95. The Kier molecular flexibility index (Phi) is 10.2. The van der Waals surface area contributed by atoms with Crippen molar-refractivity contribution in [2.24, 2.45) is 11.5 Å². The van der Waals surface area contributed by atoms with Crippen molar-refractivity contribution in [2.45, 2.75) is 30.8 Å². The number of fused-ring (bicyclic) bond motifs is 1. The third kappa shape index (κ3) is 6.18. The van der Waals surface area contributed by atoms with Crippen molar-refractivity contribution in [3.63, 3.8) is 0 Å². The van der Waals surface area contributed by atoms with E-state index in [1.807, 2.05) is 24.3 Å². The Labute approximate surface area is 148 Å². The number of aliphatic hydroxyl groups excluding tert-OH is 2. The van der Waals surface area contributed by atoms with E-state index in [-0.39, 0.29) is 56.0 Å². The average molecular weight is 363 g/mol. The van der Waals surface area contributed by atoms with Crippen LogP contribution in [0.15, 0.2) is 30.5 Å². The topological polar surface area (TPSA) is 118 Å². The minimum Gasteiger partial charge on any atom is -0.395 e. The molecule has 2 unspecified atom stereocenters. The molecule has 1 aromatic carbocycles. The molecule has 0 saturated heterocycles. The molecular weight excluding hydrogens is 339 g/mol. The number of rotatable bonds is 7. The van der Waals surface area contributed by atoms with E-state index >= 15 is 0 Å². The Hall–Kier alpha value is -1.02. The van der Waals surface area contributed by atoms with Crippen LogP contribution in [0.4, 0.5) is 0 Å². The smallest absolute Gasteiger partial charge is 0.0890 e. The predicted molar refractivity (Wildman–Crippen MR) is 96.1 cm³/mol. The molecule has 2 rings (SSSR count). The molecule has 2 aromatic rings. The van der Waals surface area contributed by atoms with Crippen molar-refractivity contribution in [1.29, 1.82) is 0 Å². The second-order valence-corrected chi connectivity index (χ2v) is 5.34. The normalized spacial score (nSPS) is 14.4. The second-order valence-electron chi connectivity index (χ2n) is 5.34. The summed E-state index contributed by atoms with van der Waals surface area (Å²) in [4.78, 5) is 9.01. The summed E-state index contributed by atoms with van der Waals surface area (Å²) in [6.07, 6.45) is 2.83. The van der Waals surface area contributed by atoms with E-state index in [2.05, 4.69) is 9.97 Å². The zero-order chi connectivity index (χ0) is 15.2. The van der Waals surface area contributed by atoms with E-state index < -0.39 is 0 Å². The molecule has 6 nitrogen and oxygen atoms in total. The van der Waals surface area contributed by atoms with Gasteiger partial charge in [0.25, 0.3) is 0 Å². The van der Waals surface area contributed by atoms with Crippen LogP contribution in [0, 0.1) is 0 Å². The standard InChI is InChI=1S/C15H22N4O2.2ClH/c16-11(8-20)5-10(6-12(17)9-21)15-7-18-13-3-1-2-4-14(13)19-15;;/h1-4,7,10-12,20-21H,5-6,8-9,16-17H2;2*1H. The van der Waals surface area contributed by atoms with Gasteiger partial charge in [-0.25, -0.2) is 4.98 Å². The SMILES string of the molecule is Cl.Cl.NC(CO)CC(CC(N)CO)c1cnc2ccccc2n1. The van der Waals surface area contributed by atoms with Crippen LogP contribution in [0.1, 0.15) is 24.5 Å². The number of hydrogen-bond acceptors (Lipinski definition) is 6. The van der Waals surface area contributed by atoms with Gasteiger partial charge in [-0.2, -0.15) is 0 Å². The van der Waals surface area contributed by atoms with Gasteiger partial charge < -0.3 is 21.7 Å². The molecule has 6 N–H and O–H groups in total. The van der Waals surface area contributed by atoms with Crippen LogP contribution in [0.3, 0.4) is 0 Å². The molecule has 1 aromatic heterocycles. The van der Waals surface area contributed by atoms with Crippen LogP contribution in [-0.2, 0) is 0 Å². The molecule has 0 aliphatic rings. The van der Waals surface area contributed by atoms with E-state index in [1.54, 1.807) is 6.20 Å². The zero-order valence-corrected chi connectivity index (χ0v) is 14.3. The fourth-order valence-electron chi connectivity index (χ4n) is 2.39. The number of nitrogens with two attached hydrogens (primary N) is 2. The molecule has 23 heavy (non-hydrogen) atoms. The Balaban J connectivity index is 0.00000242. The van der Waals surface area contributed by atoms with E-state index in [0.29, 0.717) is 12.8 Å². The number of aliphatic hydroxyl groups is 2. The van der Waals surface area contributed by atoms with Crippen LogP contribution in [0.2, 0.25) is 0 Å². The van der Waals surface area contributed by atoms with Gasteiger partial charge in [0.05, 0.1) is 29.9 Å². The molecule has 1 heterocycles. The highest BCUT2D eigenvalue weighted by atomic mass is 35.5. The monoisotopic (exact) mass is 362 g/mol. The van der Waals surface area contributed by atoms with Crippen LogP contribution in [-0.4, -0.2) is 45.5 Å². The van der Waals surface area contributed by atoms with Gasteiger partial charge in [0.15, 0.2) is 0 Å². The van der Waals surface area contributed by atoms with E-state index in [4.69, 9.17) is 21.7 Å². The van der Waals surface area contributed by atoms with E-state index in [0.717, 1.165) is 16.7 Å². The van der Waals surface area contributed by atoms with Crippen molar-refractivity contribution < 1.29 is 10.2 Å². The van der Waals surface area contributed by atoms with Crippen molar-refractivity contribution in [3.05, 3.63) is 36.2 Å². The van der Waals surface area contributed by atoms with Gasteiger partial charge in [-0.3, -0.25) is 4.98 Å². The first-order valence-electron chi connectivity index (χ1n) is 7.08. The quantitative estimate of drug-likeness (QED) is 0.582.